The van der Waals surface area contributed by atoms with Gasteiger partial charge in [0.1, 0.15) is 0 Å². The van der Waals surface area contributed by atoms with Gasteiger partial charge in [0.25, 0.3) is 5.91 Å². The molecule has 0 unspecified atom stereocenters. The molecule has 0 fully saturated rings. The molecule has 2 aliphatic rings. The van der Waals surface area contributed by atoms with Crippen LogP contribution in [0.2, 0.25) is 0 Å². The van der Waals surface area contributed by atoms with Gasteiger partial charge in [-0.05, 0) is 79.4 Å². The Morgan fingerprint density at radius 1 is 1.07 bits per heavy atom. The van der Waals surface area contributed by atoms with Crippen LogP contribution in [0, 0.1) is 6.92 Å². The van der Waals surface area contributed by atoms with Gasteiger partial charge in [0.15, 0.2) is 5.78 Å². The third-order valence-electron chi connectivity index (χ3n) is 7.01. The number of Topliss-reactive ketones (excluding diaryl/α,β-unsaturated/α-hetero) is 1. The van der Waals surface area contributed by atoms with Crippen LogP contribution in [0.4, 0.5) is 22.7 Å². The second-order valence-electron chi connectivity index (χ2n) is 10.1. The number of aryl methyl sites for hydroxylation is 2. The summed E-state index contributed by atoms with van der Waals surface area (Å²) in [6, 6.07) is 14.2. The third-order valence-corrected chi connectivity index (χ3v) is 7.60. The van der Waals surface area contributed by atoms with Crippen molar-refractivity contribution in [2.75, 3.05) is 34.8 Å². The summed E-state index contributed by atoms with van der Waals surface area (Å²) in [5.74, 6) is -2.41. The number of carboxylic acid groups (broad SMARTS) is 1. The zero-order chi connectivity index (χ0) is 29.5. The Morgan fingerprint density at radius 3 is 2.49 bits per heavy atom. The minimum Gasteiger partial charge on any atom is -0.478 e. The van der Waals surface area contributed by atoms with Gasteiger partial charge in [-0.2, -0.15) is 0 Å². The number of ketones is 1. The topological polar surface area (TPSA) is 145 Å². The van der Waals surface area contributed by atoms with Crippen LogP contribution in [0.25, 0.3) is 0 Å². The monoisotopic (exact) mass is 572 g/mol. The molecule has 3 N–H and O–H groups in total. The molecule has 0 saturated carbocycles. The summed E-state index contributed by atoms with van der Waals surface area (Å²) in [6.07, 6.45) is 4.27. The first-order valence-electron chi connectivity index (χ1n) is 12.9. The predicted molar refractivity (Wildman–Crippen MR) is 158 cm³/mol. The number of rotatable bonds is 6. The second-order valence-corrected chi connectivity index (χ2v) is 11.9. The lowest BCUT2D eigenvalue weighted by molar-refractivity contribution is -0.112. The molecule has 3 aromatic rings. The van der Waals surface area contributed by atoms with E-state index in [1.807, 2.05) is 20.0 Å². The molecule has 1 aliphatic carbocycles. The third kappa shape index (κ3) is 5.75. The van der Waals surface area contributed by atoms with E-state index in [9.17, 15) is 22.8 Å². The zero-order valence-corrected chi connectivity index (χ0v) is 23.5. The smallest absolute Gasteiger partial charge is 0.335 e. The normalized spacial score (nSPS) is 15.6. The molecule has 210 valence electrons. The Balaban J connectivity index is 1.62. The maximum absolute atomic E-state index is 13.6. The molecular formula is C30H28N4O6S. The molecule has 0 atom stereocenters. The van der Waals surface area contributed by atoms with E-state index in [2.05, 4.69) is 21.0 Å². The van der Waals surface area contributed by atoms with Gasteiger partial charge in [-0.1, -0.05) is 12.1 Å². The van der Waals surface area contributed by atoms with E-state index in [0.717, 1.165) is 42.5 Å². The average Bonchev–Trinajstić information content (AvgIpc) is 2.90. The number of nitrogens with zero attached hydrogens (tertiary/aromatic N) is 2. The number of carbonyl (C=O) groups excluding carboxylic acids is 2. The maximum atomic E-state index is 13.6. The van der Waals surface area contributed by atoms with Gasteiger partial charge in [-0.25, -0.2) is 18.2 Å². The quantitative estimate of drug-likeness (QED) is 0.373. The Bertz CT molecular complexity index is 1780. The molecule has 3 aromatic carbocycles. The number of aliphatic imine (C=N–C) groups is 1. The number of hydrogen-bond donors (Lipinski definition) is 3. The van der Waals surface area contributed by atoms with Crippen LogP contribution in [-0.4, -0.2) is 56.7 Å². The summed E-state index contributed by atoms with van der Waals surface area (Å²) in [5, 5.41) is 11.8. The van der Waals surface area contributed by atoms with Crippen LogP contribution in [0.15, 0.2) is 71.2 Å². The highest BCUT2D eigenvalue weighted by Gasteiger charge is 2.31. The summed E-state index contributed by atoms with van der Waals surface area (Å²) >= 11 is 0. The number of benzene rings is 3. The van der Waals surface area contributed by atoms with Crippen molar-refractivity contribution < 1.29 is 27.9 Å². The molecule has 1 aliphatic heterocycles. The fourth-order valence-corrected chi connectivity index (χ4v) is 5.60. The van der Waals surface area contributed by atoms with Crippen LogP contribution in [0.3, 0.4) is 0 Å². The lowest BCUT2D eigenvalue weighted by atomic mass is 9.87. The van der Waals surface area contributed by atoms with E-state index in [4.69, 9.17) is 10.1 Å². The zero-order valence-electron chi connectivity index (χ0n) is 22.7. The van der Waals surface area contributed by atoms with E-state index in [1.165, 1.54) is 42.5 Å². The minimum atomic E-state index is -3.69. The fourth-order valence-electron chi connectivity index (χ4n) is 5.03. The molecule has 0 spiro atoms. The molecule has 41 heavy (non-hydrogen) atoms. The van der Waals surface area contributed by atoms with Crippen LogP contribution in [0.1, 0.15) is 43.8 Å². The van der Waals surface area contributed by atoms with Crippen molar-refractivity contribution in [1.82, 2.24) is 0 Å². The Hall–Kier alpha value is -4.77. The molecule has 0 saturated heterocycles. The number of fused-ring (bicyclic) bond motifs is 2. The Morgan fingerprint density at radius 2 is 1.80 bits per heavy atom. The number of hydrogen-bond acceptors (Lipinski definition) is 7. The number of nitrogens with one attached hydrogen (secondary N) is 2. The van der Waals surface area contributed by atoms with Crippen molar-refractivity contribution in [2.24, 2.45) is 4.99 Å². The first kappa shape index (κ1) is 27.8. The van der Waals surface area contributed by atoms with Crippen LogP contribution >= 0.6 is 0 Å². The molecule has 0 aromatic heterocycles. The highest BCUT2D eigenvalue weighted by molar-refractivity contribution is 7.92. The molecule has 0 bridgehead atoms. The second kappa shape index (κ2) is 10.7. The number of amides is 1. The van der Waals surface area contributed by atoms with Crippen molar-refractivity contribution in [3.8, 4) is 0 Å². The van der Waals surface area contributed by atoms with Gasteiger partial charge >= 0.3 is 5.97 Å². The number of carbonyl (C=O) groups is 3. The van der Waals surface area contributed by atoms with E-state index in [0.29, 0.717) is 11.4 Å². The van der Waals surface area contributed by atoms with E-state index in [1.54, 1.807) is 6.07 Å². The molecule has 1 heterocycles. The summed E-state index contributed by atoms with van der Waals surface area (Å²) in [4.78, 5) is 45.1. The number of allylic oxidation sites excluding steroid dienone is 1. The summed E-state index contributed by atoms with van der Waals surface area (Å²) in [7, 11) is -1.65. The minimum absolute atomic E-state index is 0.0526. The number of anilines is 3. The maximum Gasteiger partial charge on any atom is 0.335 e. The lowest BCUT2D eigenvalue weighted by Crippen LogP contribution is -2.28. The van der Waals surface area contributed by atoms with Crippen molar-refractivity contribution in [3.63, 3.8) is 0 Å². The van der Waals surface area contributed by atoms with Crippen molar-refractivity contribution in [2.45, 2.75) is 19.8 Å². The van der Waals surface area contributed by atoms with Crippen LogP contribution in [0.5, 0.6) is 0 Å². The van der Waals surface area contributed by atoms with Gasteiger partial charge in [-0.15, -0.1) is 0 Å². The number of carboxylic acids is 1. The SMILES string of the molecule is Cc1cc2c(cc1N=C1C=C(C(=O)Nc3ccc(C(=O)O)cc3)C(=O)c3cccc(NS(C)(=O)=O)c31)CCCN2C. The number of sulfonamides is 1. The summed E-state index contributed by atoms with van der Waals surface area (Å²) in [5.41, 5.74) is 4.78. The highest BCUT2D eigenvalue weighted by Crippen LogP contribution is 2.35. The summed E-state index contributed by atoms with van der Waals surface area (Å²) < 4.78 is 26.8. The summed E-state index contributed by atoms with van der Waals surface area (Å²) in [6.45, 7) is 2.88. The van der Waals surface area contributed by atoms with Crippen molar-refractivity contribution in [3.05, 3.63) is 94.1 Å². The van der Waals surface area contributed by atoms with Crippen molar-refractivity contribution in [1.29, 1.82) is 0 Å². The van der Waals surface area contributed by atoms with Crippen molar-refractivity contribution >= 4 is 56.1 Å². The average molecular weight is 573 g/mol. The van der Waals surface area contributed by atoms with Gasteiger partial charge in [0.05, 0.1) is 34.5 Å². The van der Waals surface area contributed by atoms with E-state index >= 15 is 0 Å². The van der Waals surface area contributed by atoms with Gasteiger partial charge in [0, 0.05) is 36.1 Å². The molecule has 10 nitrogen and oxygen atoms in total. The molecule has 1 amide bonds. The largest absolute Gasteiger partial charge is 0.478 e. The molecule has 11 heteroatoms. The first-order chi connectivity index (χ1) is 19.4. The lowest BCUT2D eigenvalue weighted by Gasteiger charge is -2.28. The first-order valence-corrected chi connectivity index (χ1v) is 14.8. The highest BCUT2D eigenvalue weighted by atomic mass is 32.2. The van der Waals surface area contributed by atoms with E-state index < -0.39 is 27.7 Å². The van der Waals surface area contributed by atoms with Crippen LogP contribution < -0.4 is 14.9 Å². The van der Waals surface area contributed by atoms with Gasteiger partial charge in [0.2, 0.25) is 10.0 Å². The number of aromatic carboxylic acids is 1. The van der Waals surface area contributed by atoms with Gasteiger partial charge in [-0.3, -0.25) is 14.3 Å². The Kier molecular flexibility index (Phi) is 7.22. The molecular weight excluding hydrogens is 544 g/mol. The molecule has 5 rings (SSSR count). The van der Waals surface area contributed by atoms with E-state index in [-0.39, 0.29) is 33.7 Å². The standard InChI is InChI=1S/C30H28N4O6S/c1-17-14-26-19(6-5-13-34(26)2)15-24(17)32-25-16-22(29(36)31-20-11-9-18(10-12-20)30(37)38)28(35)21-7-4-8-23(27(21)25)33-41(3,39)40/h4,7-12,14-16,33H,5-6,13H2,1-3H3,(H,31,36)(H,37,38). The van der Waals surface area contributed by atoms with Gasteiger partial charge < -0.3 is 15.3 Å². The fraction of sp³-hybridized carbons (Fsp3) is 0.200. The predicted octanol–water partition coefficient (Wildman–Crippen LogP) is 4.33. The van der Waals surface area contributed by atoms with Crippen LogP contribution in [-0.2, 0) is 21.2 Å². The Labute approximate surface area is 237 Å². The molecule has 0 radical (unpaired) electrons.